The van der Waals surface area contributed by atoms with Gasteiger partial charge in [0.1, 0.15) is 0 Å². The molecule has 5 heteroatoms. The molecule has 3 nitrogen and oxygen atoms in total. The van der Waals surface area contributed by atoms with Crippen LogP contribution in [0.25, 0.3) is 6.08 Å². The zero-order chi connectivity index (χ0) is 18.4. The average molecular weight is 479 g/mol. The van der Waals surface area contributed by atoms with E-state index in [1.165, 1.54) is 3.62 Å². The van der Waals surface area contributed by atoms with Gasteiger partial charge in [0.2, 0.25) is 0 Å². The fourth-order valence-corrected chi connectivity index (χ4v) is 10.5. The number of allylic oxidation sites excluding steroid dienone is 5. The van der Waals surface area contributed by atoms with Gasteiger partial charge in [-0.3, -0.25) is 0 Å². The quantitative estimate of drug-likeness (QED) is 0.543. The van der Waals surface area contributed by atoms with Crippen LogP contribution in [0.3, 0.4) is 0 Å². The molecule has 0 aromatic heterocycles. The maximum atomic E-state index is 12.7. The van der Waals surface area contributed by atoms with E-state index in [-0.39, 0.29) is 4.90 Å². The molecule has 0 radical (unpaired) electrons. The van der Waals surface area contributed by atoms with Gasteiger partial charge in [0.05, 0.1) is 0 Å². The van der Waals surface area contributed by atoms with E-state index in [9.17, 15) is 8.42 Å². The molecular weight excluding hydrogens is 458 g/mol. The first kappa shape index (κ1) is 19.0. The summed E-state index contributed by atoms with van der Waals surface area (Å²) in [6, 6.07) is 17.0. The van der Waals surface area contributed by atoms with Gasteiger partial charge in [-0.2, -0.15) is 0 Å². The van der Waals surface area contributed by atoms with E-state index in [1.807, 2.05) is 67.6 Å². The summed E-state index contributed by atoms with van der Waals surface area (Å²) in [7, 11) is -3.61. The van der Waals surface area contributed by atoms with Gasteiger partial charge in [-0.15, -0.1) is 0 Å². The summed E-state index contributed by atoms with van der Waals surface area (Å²) in [6.45, 7) is 1.94. The Morgan fingerprint density at radius 3 is 2.46 bits per heavy atom. The molecule has 2 aromatic rings. The molecule has 1 aliphatic carbocycles. The number of nitrogens with zero attached hydrogens (tertiary/aromatic N) is 1. The molecule has 134 valence electrons. The molecule has 2 aromatic carbocycles. The average Bonchev–Trinajstić information content (AvgIpc) is 3.17. The standard InChI is InChI=1S/C21H21NO2STe/c1-18-13-15-20(16-14-18)25(23,24)22-26(21-11-5-6-12-21)17-7-10-19-8-3-2-4-9-19/h2-11,13-16H,12,17H2,1H3/b10-7+. The topological polar surface area (TPSA) is 46.5 Å². The van der Waals surface area contributed by atoms with Crippen molar-refractivity contribution in [2.75, 3.05) is 0 Å². The number of aryl methyl sites for hydroxylation is 1. The number of hydrogen-bond donors (Lipinski definition) is 0. The van der Waals surface area contributed by atoms with Gasteiger partial charge in [-0.25, -0.2) is 0 Å². The molecule has 0 aliphatic heterocycles. The minimum atomic E-state index is -3.61. The van der Waals surface area contributed by atoms with E-state index < -0.39 is 29.4 Å². The minimum absolute atomic E-state index is 0.285. The van der Waals surface area contributed by atoms with Gasteiger partial charge in [0, 0.05) is 0 Å². The van der Waals surface area contributed by atoms with Gasteiger partial charge in [-0.05, 0) is 0 Å². The van der Waals surface area contributed by atoms with Crippen molar-refractivity contribution in [3.05, 3.63) is 93.6 Å². The molecule has 1 aliphatic rings. The van der Waals surface area contributed by atoms with E-state index in [0.717, 1.165) is 22.0 Å². The van der Waals surface area contributed by atoms with Gasteiger partial charge in [0.25, 0.3) is 0 Å². The predicted molar refractivity (Wildman–Crippen MR) is 109 cm³/mol. The Morgan fingerprint density at radius 2 is 1.81 bits per heavy atom. The molecule has 0 saturated carbocycles. The van der Waals surface area contributed by atoms with Crippen molar-refractivity contribution < 1.29 is 8.42 Å². The van der Waals surface area contributed by atoms with Crippen LogP contribution in [-0.2, 0) is 10.0 Å². The van der Waals surface area contributed by atoms with Crippen LogP contribution in [0.4, 0.5) is 0 Å². The number of rotatable bonds is 6. The molecular formula is C21H21NO2STe. The van der Waals surface area contributed by atoms with Crippen LogP contribution >= 0.6 is 0 Å². The Balaban J connectivity index is 1.87. The molecule has 0 atom stereocenters. The molecule has 0 amide bonds. The van der Waals surface area contributed by atoms with Crippen LogP contribution in [0.2, 0.25) is 4.47 Å². The Morgan fingerprint density at radius 1 is 1.08 bits per heavy atom. The van der Waals surface area contributed by atoms with Crippen molar-refractivity contribution in [1.82, 2.24) is 0 Å². The summed E-state index contributed by atoms with van der Waals surface area (Å²) in [5.41, 5.74) is 2.15. The van der Waals surface area contributed by atoms with Gasteiger partial charge < -0.3 is 0 Å². The van der Waals surface area contributed by atoms with Crippen molar-refractivity contribution in [2.45, 2.75) is 22.7 Å². The third-order valence-corrected chi connectivity index (χ3v) is 12.4. The summed E-state index contributed by atoms with van der Waals surface area (Å²) in [4.78, 5) is 0.285. The second kappa shape index (κ2) is 8.72. The van der Waals surface area contributed by atoms with Crippen molar-refractivity contribution in [1.29, 1.82) is 0 Å². The molecule has 0 heterocycles. The van der Waals surface area contributed by atoms with E-state index in [0.29, 0.717) is 0 Å². The number of hydrogen-bond acceptors (Lipinski definition) is 2. The van der Waals surface area contributed by atoms with Gasteiger partial charge in [-0.1, -0.05) is 0 Å². The molecule has 0 N–H and O–H groups in total. The van der Waals surface area contributed by atoms with E-state index in [1.54, 1.807) is 12.1 Å². The summed E-state index contributed by atoms with van der Waals surface area (Å²) >= 11 is -2.35. The Kier molecular flexibility index (Phi) is 6.37. The molecule has 0 bridgehead atoms. The van der Waals surface area contributed by atoms with Gasteiger partial charge in [0.15, 0.2) is 0 Å². The van der Waals surface area contributed by atoms with Crippen molar-refractivity contribution >= 4 is 35.5 Å². The Bertz CT molecular complexity index is 986. The fourth-order valence-electron chi connectivity index (χ4n) is 2.50. The number of sulfonamides is 1. The van der Waals surface area contributed by atoms with E-state index in [2.05, 4.69) is 14.7 Å². The Hall–Kier alpha value is -1.80. The van der Waals surface area contributed by atoms with Crippen molar-refractivity contribution in [3.8, 4) is 0 Å². The monoisotopic (exact) mass is 481 g/mol. The third-order valence-electron chi connectivity index (χ3n) is 3.91. The van der Waals surface area contributed by atoms with E-state index >= 15 is 0 Å². The zero-order valence-corrected chi connectivity index (χ0v) is 17.7. The molecule has 0 unspecified atom stereocenters. The first-order valence-electron chi connectivity index (χ1n) is 8.37. The van der Waals surface area contributed by atoms with E-state index in [4.69, 9.17) is 0 Å². The zero-order valence-electron chi connectivity index (χ0n) is 14.6. The molecule has 3 rings (SSSR count). The first-order valence-corrected chi connectivity index (χ1v) is 13.7. The molecule has 26 heavy (non-hydrogen) atoms. The third kappa shape index (κ3) is 5.11. The van der Waals surface area contributed by atoms with Gasteiger partial charge >= 0.3 is 163 Å². The van der Waals surface area contributed by atoms with Crippen LogP contribution in [-0.4, -0.2) is 27.8 Å². The summed E-state index contributed by atoms with van der Waals surface area (Å²) in [5.74, 6) is 0. The van der Waals surface area contributed by atoms with Crippen LogP contribution in [0.1, 0.15) is 17.5 Å². The predicted octanol–water partition coefficient (Wildman–Crippen LogP) is 5.08. The fraction of sp³-hybridized carbons (Fsp3) is 0.143. The second-order valence-electron chi connectivity index (χ2n) is 5.97. The summed E-state index contributed by atoms with van der Waals surface area (Å²) in [5, 5.41) is 0. The van der Waals surface area contributed by atoms with Crippen LogP contribution in [0.5, 0.6) is 0 Å². The van der Waals surface area contributed by atoms with Crippen LogP contribution in [0, 0.1) is 6.92 Å². The maximum absolute atomic E-state index is 12.7. The molecule has 0 saturated heterocycles. The normalized spacial score (nSPS) is 15.5. The molecule has 0 spiro atoms. The SMILES string of the molecule is Cc1ccc(S(=O)(=O)/N=[Te](\C/C=C/c2ccccc2)C2=CC=CC2)cc1. The second-order valence-corrected chi connectivity index (χ2v) is 13.3. The van der Waals surface area contributed by atoms with Crippen LogP contribution < -0.4 is 0 Å². The van der Waals surface area contributed by atoms with Crippen molar-refractivity contribution in [2.24, 2.45) is 2.59 Å². The summed E-state index contributed by atoms with van der Waals surface area (Å²) < 4.78 is 31.8. The molecule has 0 fully saturated rings. The van der Waals surface area contributed by atoms with Crippen LogP contribution in [0.15, 0.2) is 90.0 Å². The summed E-state index contributed by atoms with van der Waals surface area (Å²) in [6.07, 6.45) is 11.0. The Labute approximate surface area is 162 Å². The first-order chi connectivity index (χ1) is 12.5. The van der Waals surface area contributed by atoms with Crippen molar-refractivity contribution in [3.63, 3.8) is 0 Å². The number of benzene rings is 2.